The Kier molecular flexibility index (Phi) is 4.06. The van der Waals surface area contributed by atoms with Crippen molar-refractivity contribution in [3.05, 3.63) is 11.9 Å². The maximum atomic E-state index is 11.4. The Balaban J connectivity index is 1.81. The lowest BCUT2D eigenvalue weighted by molar-refractivity contribution is -0.127. The molecular weight excluding hydrogens is 238 g/mol. The summed E-state index contributed by atoms with van der Waals surface area (Å²) in [7, 11) is 1.89. The van der Waals surface area contributed by atoms with E-state index in [-0.39, 0.29) is 12.5 Å². The van der Waals surface area contributed by atoms with E-state index in [1.807, 2.05) is 16.5 Å². The van der Waals surface area contributed by atoms with E-state index in [4.69, 9.17) is 5.11 Å². The molecule has 2 heterocycles. The maximum Gasteiger partial charge on any atom is 0.222 e. The number of likely N-dealkylation sites (tertiary alicyclic amines) is 1. The van der Waals surface area contributed by atoms with Crippen molar-refractivity contribution in [2.75, 3.05) is 18.8 Å². The van der Waals surface area contributed by atoms with Crippen LogP contribution in [0.25, 0.3) is 0 Å². The molecule has 1 aromatic rings. The van der Waals surface area contributed by atoms with E-state index in [9.17, 15) is 4.79 Å². The third kappa shape index (κ3) is 2.81. The van der Waals surface area contributed by atoms with Gasteiger partial charge in [0.05, 0.1) is 18.5 Å². The molecule has 1 N–H and O–H groups in total. The second-order valence-electron chi connectivity index (χ2n) is 4.08. The second-order valence-corrected chi connectivity index (χ2v) is 5.14. The maximum absolute atomic E-state index is 11.4. The molecule has 1 aliphatic rings. The average Bonchev–Trinajstić information content (AvgIpc) is 2.87. The molecule has 1 amide bonds. The fourth-order valence-corrected chi connectivity index (χ4v) is 2.83. The number of thioether (sulfide) groups is 1. The first-order valence-corrected chi connectivity index (χ1v) is 6.73. The van der Waals surface area contributed by atoms with Crippen molar-refractivity contribution >= 4 is 17.7 Å². The van der Waals surface area contributed by atoms with Gasteiger partial charge in [-0.15, -0.1) is 0 Å². The molecule has 0 atom stereocenters. The zero-order valence-corrected chi connectivity index (χ0v) is 10.7. The monoisotopic (exact) mass is 255 g/mol. The summed E-state index contributed by atoms with van der Waals surface area (Å²) in [5.74, 6) is 1.11. The molecule has 2 rings (SSSR count). The highest BCUT2D eigenvalue weighted by Gasteiger charge is 2.19. The minimum Gasteiger partial charge on any atom is -0.390 e. The largest absolute Gasteiger partial charge is 0.390 e. The summed E-state index contributed by atoms with van der Waals surface area (Å²) < 4.78 is 1.89. The molecule has 0 aliphatic carbocycles. The van der Waals surface area contributed by atoms with Gasteiger partial charge in [0.2, 0.25) is 5.91 Å². The van der Waals surface area contributed by atoms with Gasteiger partial charge in [0, 0.05) is 32.3 Å². The number of aromatic nitrogens is 2. The molecule has 1 aliphatic heterocycles. The van der Waals surface area contributed by atoms with E-state index in [1.54, 1.807) is 18.0 Å². The number of rotatable bonds is 5. The van der Waals surface area contributed by atoms with Crippen LogP contribution in [-0.2, 0) is 18.4 Å². The number of imidazole rings is 1. The van der Waals surface area contributed by atoms with Gasteiger partial charge in [0.25, 0.3) is 0 Å². The second kappa shape index (κ2) is 5.55. The van der Waals surface area contributed by atoms with Crippen LogP contribution in [0.5, 0.6) is 0 Å². The van der Waals surface area contributed by atoms with Crippen LogP contribution in [0.4, 0.5) is 0 Å². The lowest BCUT2D eigenvalue weighted by Gasteiger charge is -2.14. The molecule has 0 radical (unpaired) electrons. The average molecular weight is 255 g/mol. The molecule has 0 saturated carbocycles. The van der Waals surface area contributed by atoms with Crippen molar-refractivity contribution in [1.82, 2.24) is 14.5 Å². The molecule has 0 aromatic carbocycles. The van der Waals surface area contributed by atoms with Crippen molar-refractivity contribution in [2.45, 2.75) is 24.6 Å². The summed E-state index contributed by atoms with van der Waals surface area (Å²) in [6, 6.07) is 0. The molecule has 0 bridgehead atoms. The molecule has 1 aromatic heterocycles. The Bertz CT molecular complexity index is 405. The van der Waals surface area contributed by atoms with Crippen LogP contribution in [0.1, 0.15) is 18.5 Å². The Labute approximate surface area is 105 Å². The van der Waals surface area contributed by atoms with Crippen LogP contribution in [0.15, 0.2) is 11.4 Å². The van der Waals surface area contributed by atoms with Crippen LogP contribution >= 0.6 is 11.8 Å². The van der Waals surface area contributed by atoms with Gasteiger partial charge in [-0.3, -0.25) is 4.79 Å². The first-order valence-electron chi connectivity index (χ1n) is 5.74. The van der Waals surface area contributed by atoms with Crippen LogP contribution in [-0.4, -0.2) is 44.3 Å². The molecule has 6 heteroatoms. The molecule has 94 valence electrons. The third-order valence-corrected chi connectivity index (χ3v) is 3.99. The van der Waals surface area contributed by atoms with Gasteiger partial charge < -0.3 is 14.6 Å². The number of nitrogens with zero attached hydrogens (tertiary/aromatic N) is 3. The van der Waals surface area contributed by atoms with Gasteiger partial charge >= 0.3 is 0 Å². The summed E-state index contributed by atoms with van der Waals surface area (Å²) >= 11 is 1.62. The summed E-state index contributed by atoms with van der Waals surface area (Å²) in [5.41, 5.74) is 0.810. The van der Waals surface area contributed by atoms with Crippen LogP contribution in [0.3, 0.4) is 0 Å². The highest BCUT2D eigenvalue weighted by atomic mass is 32.2. The fraction of sp³-hybridized carbons (Fsp3) is 0.636. The van der Waals surface area contributed by atoms with Gasteiger partial charge in [-0.05, 0) is 6.42 Å². The third-order valence-electron chi connectivity index (χ3n) is 2.97. The molecule has 17 heavy (non-hydrogen) atoms. The summed E-state index contributed by atoms with van der Waals surface area (Å²) in [6.45, 7) is 1.68. The number of hydrogen-bond acceptors (Lipinski definition) is 4. The van der Waals surface area contributed by atoms with E-state index < -0.39 is 0 Å². The summed E-state index contributed by atoms with van der Waals surface area (Å²) in [5, 5.41) is 9.93. The van der Waals surface area contributed by atoms with Gasteiger partial charge in [0.15, 0.2) is 5.16 Å². The highest BCUT2D eigenvalue weighted by Crippen LogP contribution is 2.18. The van der Waals surface area contributed by atoms with E-state index in [2.05, 4.69) is 4.98 Å². The number of aliphatic hydroxyl groups excluding tert-OH is 1. The summed E-state index contributed by atoms with van der Waals surface area (Å²) in [6.07, 6.45) is 3.37. The number of amides is 1. The zero-order valence-electron chi connectivity index (χ0n) is 9.93. The Morgan fingerprint density at radius 2 is 2.41 bits per heavy atom. The van der Waals surface area contributed by atoms with E-state index in [0.717, 1.165) is 36.1 Å². The topological polar surface area (TPSA) is 58.4 Å². The SMILES string of the molecule is Cn1c(CO)cnc1SCCN1CCCC1=O. The summed E-state index contributed by atoms with van der Waals surface area (Å²) in [4.78, 5) is 17.5. The van der Waals surface area contributed by atoms with Crippen molar-refractivity contribution in [3.63, 3.8) is 0 Å². The van der Waals surface area contributed by atoms with E-state index in [1.165, 1.54) is 0 Å². The van der Waals surface area contributed by atoms with Gasteiger partial charge in [-0.2, -0.15) is 0 Å². The lowest BCUT2D eigenvalue weighted by atomic mass is 10.4. The smallest absolute Gasteiger partial charge is 0.222 e. The fourth-order valence-electron chi connectivity index (χ4n) is 1.89. The molecule has 1 saturated heterocycles. The van der Waals surface area contributed by atoms with Gasteiger partial charge in [0.1, 0.15) is 0 Å². The quantitative estimate of drug-likeness (QED) is 0.784. The predicted molar refractivity (Wildman–Crippen MR) is 65.7 cm³/mol. The molecule has 1 fully saturated rings. The Morgan fingerprint density at radius 1 is 1.59 bits per heavy atom. The zero-order chi connectivity index (χ0) is 12.3. The number of carbonyl (C=O) groups is 1. The van der Waals surface area contributed by atoms with Crippen molar-refractivity contribution in [1.29, 1.82) is 0 Å². The van der Waals surface area contributed by atoms with Crippen LogP contribution < -0.4 is 0 Å². The van der Waals surface area contributed by atoms with E-state index >= 15 is 0 Å². The minimum absolute atomic E-state index is 0.00860. The highest BCUT2D eigenvalue weighted by molar-refractivity contribution is 7.99. The normalized spacial score (nSPS) is 15.9. The van der Waals surface area contributed by atoms with Crippen molar-refractivity contribution in [3.8, 4) is 0 Å². The van der Waals surface area contributed by atoms with E-state index in [0.29, 0.717) is 6.42 Å². The first kappa shape index (κ1) is 12.4. The minimum atomic E-state index is 0.00860. The molecule has 0 spiro atoms. The van der Waals surface area contributed by atoms with Crippen LogP contribution in [0, 0.1) is 0 Å². The van der Waals surface area contributed by atoms with Crippen LogP contribution in [0.2, 0.25) is 0 Å². The molecule has 0 unspecified atom stereocenters. The van der Waals surface area contributed by atoms with Gasteiger partial charge in [-0.25, -0.2) is 4.98 Å². The number of aliphatic hydroxyl groups is 1. The Morgan fingerprint density at radius 3 is 3.00 bits per heavy atom. The first-order chi connectivity index (χ1) is 8.22. The molecular formula is C11H17N3O2S. The van der Waals surface area contributed by atoms with Crippen molar-refractivity contribution in [2.24, 2.45) is 7.05 Å². The number of hydrogen-bond donors (Lipinski definition) is 1. The number of carbonyl (C=O) groups excluding carboxylic acids is 1. The molecule has 5 nitrogen and oxygen atoms in total. The predicted octanol–water partition coefficient (Wildman–Crippen LogP) is 0.627. The Hall–Kier alpha value is -1.01. The standard InChI is InChI=1S/C11H17N3O2S/c1-13-9(8-15)7-12-11(13)17-6-5-14-4-2-3-10(14)16/h7,15H,2-6,8H2,1H3. The van der Waals surface area contributed by atoms with Crippen molar-refractivity contribution < 1.29 is 9.90 Å². The lowest BCUT2D eigenvalue weighted by Crippen LogP contribution is -2.27. The van der Waals surface area contributed by atoms with Gasteiger partial charge in [-0.1, -0.05) is 11.8 Å².